The molecule has 0 amide bonds. The van der Waals surface area contributed by atoms with Crippen molar-refractivity contribution in [3.63, 3.8) is 0 Å². The number of rotatable bonds is 8. The molecule has 1 fully saturated rings. The van der Waals surface area contributed by atoms with Gasteiger partial charge < -0.3 is 0 Å². The van der Waals surface area contributed by atoms with Gasteiger partial charge in [0.2, 0.25) is 0 Å². The van der Waals surface area contributed by atoms with Crippen molar-refractivity contribution in [1.82, 2.24) is 0 Å². The van der Waals surface area contributed by atoms with E-state index in [2.05, 4.69) is 34.6 Å². The summed E-state index contributed by atoms with van der Waals surface area (Å²) in [6, 6.07) is 0. The summed E-state index contributed by atoms with van der Waals surface area (Å²) in [6.45, 7) is 12.1. The van der Waals surface area contributed by atoms with E-state index in [9.17, 15) is 0 Å². The maximum Gasteiger partial charge on any atom is -0.0352 e. The Morgan fingerprint density at radius 2 is 1.69 bits per heavy atom. The SMILES string of the molecule is CCCCCC(C)C(C)C1CC1C(C)CC. The molecule has 0 bridgehead atoms. The zero-order chi connectivity index (χ0) is 12.1. The molecule has 1 rings (SSSR count). The van der Waals surface area contributed by atoms with Crippen molar-refractivity contribution in [3.05, 3.63) is 0 Å². The molecule has 16 heavy (non-hydrogen) atoms. The van der Waals surface area contributed by atoms with E-state index in [0.717, 1.165) is 29.6 Å². The minimum absolute atomic E-state index is 0.950. The van der Waals surface area contributed by atoms with Gasteiger partial charge in [0.25, 0.3) is 0 Å². The van der Waals surface area contributed by atoms with Gasteiger partial charge in [0.15, 0.2) is 0 Å². The molecule has 0 aromatic rings. The smallest absolute Gasteiger partial charge is 0.0352 e. The average Bonchev–Trinajstić information content (AvgIpc) is 3.07. The number of hydrogen-bond acceptors (Lipinski definition) is 0. The van der Waals surface area contributed by atoms with E-state index in [1.54, 1.807) is 0 Å². The molecule has 0 aromatic heterocycles. The highest BCUT2D eigenvalue weighted by Gasteiger charge is 2.44. The molecule has 0 N–H and O–H groups in total. The molecule has 1 aliphatic carbocycles. The largest absolute Gasteiger partial charge is 0.0654 e. The van der Waals surface area contributed by atoms with Gasteiger partial charge in [-0.1, -0.05) is 66.7 Å². The first-order valence-corrected chi connectivity index (χ1v) is 7.61. The first-order chi connectivity index (χ1) is 7.61. The third-order valence-electron chi connectivity index (χ3n) is 5.10. The molecule has 1 aliphatic rings. The van der Waals surface area contributed by atoms with Crippen molar-refractivity contribution in [2.24, 2.45) is 29.6 Å². The summed E-state index contributed by atoms with van der Waals surface area (Å²) in [6.07, 6.45) is 8.59. The molecule has 1 saturated carbocycles. The van der Waals surface area contributed by atoms with Crippen LogP contribution in [0.5, 0.6) is 0 Å². The van der Waals surface area contributed by atoms with Gasteiger partial charge in [-0.05, 0) is 36.0 Å². The summed E-state index contributed by atoms with van der Waals surface area (Å²) in [5.41, 5.74) is 0. The van der Waals surface area contributed by atoms with E-state index in [0.29, 0.717) is 0 Å². The van der Waals surface area contributed by atoms with Crippen molar-refractivity contribution < 1.29 is 0 Å². The normalized spacial score (nSPS) is 29.8. The Bertz CT molecular complexity index is 184. The minimum Gasteiger partial charge on any atom is -0.0654 e. The second-order valence-electron chi connectivity index (χ2n) is 6.28. The van der Waals surface area contributed by atoms with Crippen LogP contribution in [-0.4, -0.2) is 0 Å². The quantitative estimate of drug-likeness (QED) is 0.476. The van der Waals surface area contributed by atoms with Crippen molar-refractivity contribution in [3.8, 4) is 0 Å². The lowest BCUT2D eigenvalue weighted by molar-refractivity contribution is 0.289. The van der Waals surface area contributed by atoms with Crippen LogP contribution in [0.1, 0.15) is 73.1 Å². The third-order valence-corrected chi connectivity index (χ3v) is 5.10. The zero-order valence-corrected chi connectivity index (χ0v) is 12.1. The van der Waals surface area contributed by atoms with Crippen LogP contribution in [0.3, 0.4) is 0 Å². The van der Waals surface area contributed by atoms with E-state index in [-0.39, 0.29) is 0 Å². The van der Waals surface area contributed by atoms with Crippen LogP contribution < -0.4 is 0 Å². The van der Waals surface area contributed by atoms with Crippen LogP contribution in [0.4, 0.5) is 0 Å². The molecular weight excluding hydrogens is 192 g/mol. The zero-order valence-electron chi connectivity index (χ0n) is 12.1. The minimum atomic E-state index is 0.950. The highest BCUT2D eigenvalue weighted by atomic mass is 14.5. The maximum atomic E-state index is 2.50. The standard InChI is InChI=1S/C16H32/c1-6-8-9-10-13(4)14(5)16-11-15(16)12(3)7-2/h12-16H,6-11H2,1-5H3. The fourth-order valence-electron chi connectivity index (χ4n) is 3.20. The molecule has 96 valence electrons. The lowest BCUT2D eigenvalue weighted by Crippen LogP contribution is -2.13. The maximum absolute atomic E-state index is 2.50. The van der Waals surface area contributed by atoms with E-state index < -0.39 is 0 Å². The molecule has 5 atom stereocenters. The molecule has 0 aliphatic heterocycles. The Balaban J connectivity index is 2.22. The van der Waals surface area contributed by atoms with Crippen molar-refractivity contribution in [1.29, 1.82) is 0 Å². The lowest BCUT2D eigenvalue weighted by Gasteiger charge is -2.21. The van der Waals surface area contributed by atoms with Gasteiger partial charge in [-0.15, -0.1) is 0 Å². The topological polar surface area (TPSA) is 0 Å². The Morgan fingerprint density at radius 1 is 1.00 bits per heavy atom. The number of unbranched alkanes of at least 4 members (excludes halogenated alkanes) is 2. The highest BCUT2D eigenvalue weighted by molar-refractivity contribution is 4.93. The van der Waals surface area contributed by atoms with Crippen LogP contribution in [0.2, 0.25) is 0 Å². The fraction of sp³-hybridized carbons (Fsp3) is 1.00. The van der Waals surface area contributed by atoms with Gasteiger partial charge in [-0.2, -0.15) is 0 Å². The molecule has 0 radical (unpaired) electrons. The Kier molecular flexibility index (Phi) is 5.86. The molecule has 0 spiro atoms. The average molecular weight is 224 g/mol. The first-order valence-electron chi connectivity index (χ1n) is 7.61. The summed E-state index contributed by atoms with van der Waals surface area (Å²) in [5, 5.41) is 0. The molecule has 0 heterocycles. The van der Waals surface area contributed by atoms with Crippen LogP contribution in [0, 0.1) is 29.6 Å². The van der Waals surface area contributed by atoms with Gasteiger partial charge in [-0.25, -0.2) is 0 Å². The molecule has 0 aromatic carbocycles. The summed E-state index contributed by atoms with van der Waals surface area (Å²) in [4.78, 5) is 0. The van der Waals surface area contributed by atoms with Crippen LogP contribution in [0.25, 0.3) is 0 Å². The Morgan fingerprint density at radius 3 is 2.25 bits per heavy atom. The van der Waals surface area contributed by atoms with Crippen molar-refractivity contribution >= 4 is 0 Å². The van der Waals surface area contributed by atoms with E-state index in [1.807, 2.05) is 0 Å². The Hall–Kier alpha value is 0. The third kappa shape index (κ3) is 3.79. The summed E-state index contributed by atoms with van der Waals surface area (Å²) >= 11 is 0. The van der Waals surface area contributed by atoms with Crippen molar-refractivity contribution in [2.75, 3.05) is 0 Å². The molecule has 0 saturated heterocycles. The molecule has 5 unspecified atom stereocenters. The Labute approximate surface area is 103 Å². The van der Waals surface area contributed by atoms with E-state index in [1.165, 1.54) is 38.5 Å². The monoisotopic (exact) mass is 224 g/mol. The first kappa shape index (κ1) is 14.1. The second kappa shape index (κ2) is 6.67. The summed E-state index contributed by atoms with van der Waals surface area (Å²) in [5.74, 6) is 5.01. The predicted molar refractivity (Wildman–Crippen MR) is 73.5 cm³/mol. The molecular formula is C16H32. The van der Waals surface area contributed by atoms with Crippen LogP contribution in [0.15, 0.2) is 0 Å². The van der Waals surface area contributed by atoms with E-state index >= 15 is 0 Å². The predicted octanol–water partition coefficient (Wildman–Crippen LogP) is 5.52. The second-order valence-corrected chi connectivity index (χ2v) is 6.28. The fourth-order valence-corrected chi connectivity index (χ4v) is 3.20. The van der Waals surface area contributed by atoms with Crippen LogP contribution in [-0.2, 0) is 0 Å². The number of hydrogen-bond donors (Lipinski definition) is 0. The van der Waals surface area contributed by atoms with Gasteiger partial charge in [0.1, 0.15) is 0 Å². The van der Waals surface area contributed by atoms with E-state index in [4.69, 9.17) is 0 Å². The molecule has 0 nitrogen and oxygen atoms in total. The lowest BCUT2D eigenvalue weighted by atomic mass is 9.85. The van der Waals surface area contributed by atoms with Crippen LogP contribution >= 0.6 is 0 Å². The van der Waals surface area contributed by atoms with Crippen molar-refractivity contribution in [2.45, 2.75) is 73.1 Å². The molecule has 0 heteroatoms. The van der Waals surface area contributed by atoms with Gasteiger partial charge in [0, 0.05) is 0 Å². The highest BCUT2D eigenvalue weighted by Crippen LogP contribution is 2.52. The van der Waals surface area contributed by atoms with Gasteiger partial charge >= 0.3 is 0 Å². The van der Waals surface area contributed by atoms with Gasteiger partial charge in [0.05, 0.1) is 0 Å². The van der Waals surface area contributed by atoms with Gasteiger partial charge in [-0.3, -0.25) is 0 Å². The summed E-state index contributed by atoms with van der Waals surface area (Å²) < 4.78 is 0. The summed E-state index contributed by atoms with van der Waals surface area (Å²) in [7, 11) is 0.